The van der Waals surface area contributed by atoms with Gasteiger partial charge in [0, 0.05) is 42.8 Å². The normalized spacial score (nSPS) is 13.7. The van der Waals surface area contributed by atoms with Crippen LogP contribution in [0, 0.1) is 11.3 Å². The number of nitrogens with zero attached hydrogens (tertiary/aromatic N) is 4. The second kappa shape index (κ2) is 8.47. The van der Waals surface area contributed by atoms with Crippen LogP contribution in [0.25, 0.3) is 10.4 Å². The molecule has 150 valence electrons. The average molecular weight is 417 g/mol. The highest BCUT2D eigenvalue weighted by atomic mass is 32.1. The number of carbonyl (C=O) groups excluding carboxylic acids is 2. The van der Waals surface area contributed by atoms with E-state index in [-0.39, 0.29) is 11.7 Å². The van der Waals surface area contributed by atoms with Crippen molar-refractivity contribution in [3.63, 3.8) is 0 Å². The molecule has 0 atom stereocenters. The lowest BCUT2D eigenvalue weighted by molar-refractivity contribution is 0.0746. The van der Waals surface area contributed by atoms with Crippen LogP contribution in [0.1, 0.15) is 32.5 Å². The molecule has 6 nitrogen and oxygen atoms in total. The number of pyridine rings is 1. The number of Topliss-reactive ketones (excluding diaryl/α,β-unsaturated/α-hetero) is 1. The maximum atomic E-state index is 13.0. The number of ketones is 1. The molecule has 30 heavy (non-hydrogen) atoms. The summed E-state index contributed by atoms with van der Waals surface area (Å²) in [5, 5.41) is 8.90. The molecule has 4 rings (SSSR count). The zero-order valence-electron chi connectivity index (χ0n) is 16.5. The third-order valence-electron chi connectivity index (χ3n) is 5.11. The number of benzene rings is 1. The molecule has 3 heterocycles. The Hall–Kier alpha value is -3.50. The highest BCUT2D eigenvalue weighted by Gasteiger charge is 2.23. The third-order valence-corrected chi connectivity index (χ3v) is 6.35. The maximum Gasteiger partial charge on any atom is 0.253 e. The lowest BCUT2D eigenvalue weighted by Crippen LogP contribution is -2.49. The van der Waals surface area contributed by atoms with E-state index in [0.717, 1.165) is 16.3 Å². The minimum absolute atomic E-state index is 0.00707. The second-order valence-electron chi connectivity index (χ2n) is 7.10. The molecule has 0 unspecified atom stereocenters. The Bertz CT molecular complexity index is 1120. The smallest absolute Gasteiger partial charge is 0.253 e. The quantitative estimate of drug-likeness (QED) is 0.604. The first-order chi connectivity index (χ1) is 14.5. The van der Waals surface area contributed by atoms with E-state index in [1.165, 1.54) is 11.3 Å². The number of carbonyl (C=O) groups is 2. The molecule has 1 amide bonds. The largest absolute Gasteiger partial charge is 0.353 e. The first-order valence-electron chi connectivity index (χ1n) is 9.67. The molecule has 0 N–H and O–H groups in total. The number of aromatic nitrogens is 1. The summed E-state index contributed by atoms with van der Waals surface area (Å²) in [6, 6.07) is 17.0. The van der Waals surface area contributed by atoms with Gasteiger partial charge in [-0.05, 0) is 48.9 Å². The Balaban J connectivity index is 1.44. The standard InChI is InChI=1S/C23H20N4O2S/c1-16(28)20-6-7-21(30-20)18-3-2-4-19(13-18)23(29)27-11-9-26(10-12-27)22-8-5-17(14-24)15-25-22/h2-8,13,15H,9-12H2,1H3. The maximum absolute atomic E-state index is 13.0. The van der Waals surface area contributed by atoms with Gasteiger partial charge in [-0.25, -0.2) is 4.98 Å². The van der Waals surface area contributed by atoms with Crippen molar-refractivity contribution in [2.45, 2.75) is 6.92 Å². The molecule has 1 aromatic carbocycles. The van der Waals surface area contributed by atoms with Gasteiger partial charge in [0.1, 0.15) is 11.9 Å². The van der Waals surface area contributed by atoms with Crippen molar-refractivity contribution in [1.29, 1.82) is 5.26 Å². The molecule has 0 spiro atoms. The minimum Gasteiger partial charge on any atom is -0.353 e. The van der Waals surface area contributed by atoms with Gasteiger partial charge >= 0.3 is 0 Å². The molecule has 0 aliphatic carbocycles. The van der Waals surface area contributed by atoms with Crippen LogP contribution >= 0.6 is 11.3 Å². The summed E-state index contributed by atoms with van der Waals surface area (Å²) < 4.78 is 0. The predicted octanol–water partition coefficient (Wildman–Crippen LogP) is 3.85. The van der Waals surface area contributed by atoms with Crippen LogP contribution in [0.2, 0.25) is 0 Å². The van der Waals surface area contributed by atoms with E-state index in [0.29, 0.717) is 42.2 Å². The SMILES string of the molecule is CC(=O)c1ccc(-c2cccc(C(=O)N3CCN(c4ccc(C#N)cn4)CC3)c2)s1. The van der Waals surface area contributed by atoms with Gasteiger partial charge in [-0.15, -0.1) is 11.3 Å². The fourth-order valence-corrected chi connectivity index (χ4v) is 4.35. The van der Waals surface area contributed by atoms with Crippen LogP contribution in [0.15, 0.2) is 54.7 Å². The van der Waals surface area contributed by atoms with Crippen molar-refractivity contribution in [2.24, 2.45) is 0 Å². The Morgan fingerprint density at radius 3 is 2.50 bits per heavy atom. The molecular weight excluding hydrogens is 396 g/mol. The van der Waals surface area contributed by atoms with E-state index in [2.05, 4.69) is 16.0 Å². The molecule has 1 saturated heterocycles. The Labute approximate surface area is 179 Å². The van der Waals surface area contributed by atoms with Gasteiger partial charge in [0.05, 0.1) is 10.4 Å². The van der Waals surface area contributed by atoms with Gasteiger partial charge in [0.25, 0.3) is 5.91 Å². The van der Waals surface area contributed by atoms with Gasteiger partial charge in [-0.3, -0.25) is 9.59 Å². The van der Waals surface area contributed by atoms with Gasteiger partial charge in [-0.2, -0.15) is 5.26 Å². The van der Waals surface area contributed by atoms with Crippen molar-refractivity contribution >= 4 is 28.8 Å². The second-order valence-corrected chi connectivity index (χ2v) is 8.18. The monoisotopic (exact) mass is 416 g/mol. The van der Waals surface area contributed by atoms with E-state index < -0.39 is 0 Å². The van der Waals surface area contributed by atoms with E-state index >= 15 is 0 Å². The topological polar surface area (TPSA) is 77.3 Å². The van der Waals surface area contributed by atoms with Crippen molar-refractivity contribution in [2.75, 3.05) is 31.1 Å². The third kappa shape index (κ3) is 4.09. The molecule has 7 heteroatoms. The number of rotatable bonds is 4. The predicted molar refractivity (Wildman–Crippen MR) is 117 cm³/mol. The van der Waals surface area contributed by atoms with E-state index in [4.69, 9.17) is 5.26 Å². The fraction of sp³-hybridized carbons (Fsp3) is 0.217. The summed E-state index contributed by atoms with van der Waals surface area (Å²) in [5.41, 5.74) is 2.13. The van der Waals surface area contributed by atoms with Crippen LogP contribution in [0.4, 0.5) is 5.82 Å². The number of hydrogen-bond donors (Lipinski definition) is 0. The van der Waals surface area contributed by atoms with Gasteiger partial charge in [0.2, 0.25) is 0 Å². The number of hydrogen-bond acceptors (Lipinski definition) is 6. The number of thiophene rings is 1. The van der Waals surface area contributed by atoms with Crippen LogP contribution in [-0.2, 0) is 0 Å². The summed E-state index contributed by atoms with van der Waals surface area (Å²) in [6.45, 7) is 4.16. The van der Waals surface area contributed by atoms with Gasteiger partial charge in [-0.1, -0.05) is 12.1 Å². The summed E-state index contributed by atoms with van der Waals surface area (Å²) in [4.78, 5) is 34.6. The lowest BCUT2D eigenvalue weighted by Gasteiger charge is -2.35. The molecule has 3 aromatic rings. The van der Waals surface area contributed by atoms with Crippen LogP contribution in [0.5, 0.6) is 0 Å². The van der Waals surface area contributed by atoms with Crippen LogP contribution < -0.4 is 4.90 Å². The van der Waals surface area contributed by atoms with Crippen LogP contribution in [-0.4, -0.2) is 47.8 Å². The fourth-order valence-electron chi connectivity index (χ4n) is 3.45. The summed E-state index contributed by atoms with van der Waals surface area (Å²) in [7, 11) is 0. The Morgan fingerprint density at radius 2 is 1.87 bits per heavy atom. The molecule has 0 radical (unpaired) electrons. The van der Waals surface area contributed by atoms with Gasteiger partial charge in [0.15, 0.2) is 5.78 Å². The van der Waals surface area contributed by atoms with Crippen molar-refractivity contribution in [3.05, 3.63) is 70.7 Å². The molecule has 0 saturated carbocycles. The Kier molecular flexibility index (Phi) is 5.59. The minimum atomic E-state index is 0.00707. The summed E-state index contributed by atoms with van der Waals surface area (Å²) in [6.07, 6.45) is 1.57. The number of piperazine rings is 1. The first-order valence-corrected chi connectivity index (χ1v) is 10.5. The average Bonchev–Trinajstić information content (AvgIpc) is 3.30. The lowest BCUT2D eigenvalue weighted by atomic mass is 10.1. The number of amides is 1. The molecule has 0 bridgehead atoms. The highest BCUT2D eigenvalue weighted by Crippen LogP contribution is 2.29. The van der Waals surface area contributed by atoms with Crippen molar-refractivity contribution in [3.8, 4) is 16.5 Å². The highest BCUT2D eigenvalue weighted by molar-refractivity contribution is 7.17. The van der Waals surface area contributed by atoms with E-state index in [1.54, 1.807) is 19.2 Å². The zero-order valence-corrected chi connectivity index (χ0v) is 17.4. The summed E-state index contributed by atoms with van der Waals surface area (Å²) >= 11 is 1.44. The van der Waals surface area contributed by atoms with Crippen molar-refractivity contribution in [1.82, 2.24) is 9.88 Å². The molecule has 1 aliphatic heterocycles. The number of anilines is 1. The van der Waals surface area contributed by atoms with Gasteiger partial charge < -0.3 is 9.80 Å². The molecule has 1 fully saturated rings. The Morgan fingerprint density at radius 1 is 1.07 bits per heavy atom. The summed E-state index contributed by atoms with van der Waals surface area (Å²) in [5.74, 6) is 0.878. The van der Waals surface area contributed by atoms with E-state index in [9.17, 15) is 9.59 Å². The molecular formula is C23H20N4O2S. The molecule has 2 aromatic heterocycles. The van der Waals surface area contributed by atoms with Crippen molar-refractivity contribution < 1.29 is 9.59 Å². The number of nitriles is 1. The molecule has 1 aliphatic rings. The van der Waals surface area contributed by atoms with Crippen LogP contribution in [0.3, 0.4) is 0 Å². The van der Waals surface area contributed by atoms with E-state index in [1.807, 2.05) is 47.4 Å². The first kappa shape index (κ1) is 19.8. The zero-order chi connectivity index (χ0) is 21.1.